The van der Waals surface area contributed by atoms with Gasteiger partial charge in [0.1, 0.15) is 0 Å². The van der Waals surface area contributed by atoms with Gasteiger partial charge in [-0.15, -0.1) is 0 Å². The van der Waals surface area contributed by atoms with E-state index in [4.69, 9.17) is 9.31 Å². The van der Waals surface area contributed by atoms with Gasteiger partial charge in [0.15, 0.2) is 0 Å². The Labute approximate surface area is 128 Å². The van der Waals surface area contributed by atoms with E-state index in [1.165, 1.54) is 11.1 Å². The second-order valence-corrected chi connectivity index (χ2v) is 6.75. The van der Waals surface area contributed by atoms with Crippen LogP contribution in [0.15, 0.2) is 29.7 Å². The van der Waals surface area contributed by atoms with Crippen LogP contribution in [0.2, 0.25) is 0 Å². The van der Waals surface area contributed by atoms with E-state index < -0.39 is 0 Å². The van der Waals surface area contributed by atoms with Crippen LogP contribution >= 0.6 is 0 Å². The Morgan fingerprint density at radius 1 is 1.19 bits per heavy atom. The predicted molar refractivity (Wildman–Crippen MR) is 89.2 cm³/mol. The lowest BCUT2D eigenvalue weighted by molar-refractivity contribution is 0.00578. The van der Waals surface area contributed by atoms with E-state index in [1.807, 2.05) is 7.05 Å². The fourth-order valence-electron chi connectivity index (χ4n) is 2.37. The van der Waals surface area contributed by atoms with Crippen molar-refractivity contribution in [2.24, 2.45) is 0 Å². The molecule has 0 atom stereocenters. The second kappa shape index (κ2) is 5.95. The van der Waals surface area contributed by atoms with Crippen molar-refractivity contribution in [2.45, 2.75) is 45.8 Å². The van der Waals surface area contributed by atoms with E-state index in [0.29, 0.717) is 0 Å². The molecule has 1 aromatic carbocycles. The standard InChI is InChI=1S/C17H26BNO2/c1-13-8-7-9-14(10-13)11-15(12-19-6)18-20-16(2,3)17(4,5)21-18/h7-11,19H,12H2,1-6H3. The Balaban J connectivity index is 2.28. The maximum atomic E-state index is 6.15. The third kappa shape index (κ3) is 3.57. The van der Waals surface area contributed by atoms with E-state index in [0.717, 1.165) is 12.0 Å². The lowest BCUT2D eigenvalue weighted by atomic mass is 9.77. The van der Waals surface area contributed by atoms with E-state index in [-0.39, 0.29) is 18.3 Å². The van der Waals surface area contributed by atoms with Crippen LogP contribution < -0.4 is 5.32 Å². The quantitative estimate of drug-likeness (QED) is 0.862. The van der Waals surface area contributed by atoms with Crippen molar-refractivity contribution in [3.8, 4) is 0 Å². The van der Waals surface area contributed by atoms with Gasteiger partial charge in [-0.25, -0.2) is 0 Å². The number of benzene rings is 1. The average molecular weight is 287 g/mol. The minimum absolute atomic E-state index is 0.303. The molecule has 1 fully saturated rings. The van der Waals surface area contributed by atoms with Crippen LogP contribution in [-0.2, 0) is 9.31 Å². The third-order valence-electron chi connectivity index (χ3n) is 4.33. The normalized spacial score (nSPS) is 20.9. The van der Waals surface area contributed by atoms with Gasteiger partial charge in [0.25, 0.3) is 0 Å². The molecule has 3 nitrogen and oxygen atoms in total. The molecule has 21 heavy (non-hydrogen) atoms. The highest BCUT2D eigenvalue weighted by atomic mass is 16.7. The predicted octanol–water partition coefficient (Wildman–Crippen LogP) is 3.23. The number of nitrogens with one attached hydrogen (secondary N) is 1. The summed E-state index contributed by atoms with van der Waals surface area (Å²) in [5.41, 5.74) is 2.92. The highest BCUT2D eigenvalue weighted by molar-refractivity contribution is 6.55. The summed E-state index contributed by atoms with van der Waals surface area (Å²) in [5, 5.41) is 3.21. The number of hydrogen-bond acceptors (Lipinski definition) is 3. The van der Waals surface area contributed by atoms with Gasteiger partial charge in [-0.1, -0.05) is 35.9 Å². The molecule has 1 N–H and O–H groups in total. The summed E-state index contributed by atoms with van der Waals surface area (Å²) in [6.07, 6.45) is 2.16. The number of likely N-dealkylation sites (N-methyl/N-ethyl adjacent to an activating group) is 1. The average Bonchev–Trinajstić information content (AvgIpc) is 2.58. The second-order valence-electron chi connectivity index (χ2n) is 6.75. The summed E-state index contributed by atoms with van der Waals surface area (Å²) in [5.74, 6) is 0. The molecular weight excluding hydrogens is 261 g/mol. The van der Waals surface area contributed by atoms with Gasteiger partial charge in [0.2, 0.25) is 0 Å². The van der Waals surface area contributed by atoms with Gasteiger partial charge in [0.05, 0.1) is 11.2 Å². The Kier molecular flexibility index (Phi) is 4.62. The Bertz CT molecular complexity index is 521. The van der Waals surface area contributed by atoms with Crippen LogP contribution in [0.4, 0.5) is 0 Å². The lowest BCUT2D eigenvalue weighted by Crippen LogP contribution is -2.41. The number of aryl methyl sites for hydroxylation is 1. The summed E-state index contributed by atoms with van der Waals surface area (Å²) in [6, 6.07) is 8.45. The highest BCUT2D eigenvalue weighted by Gasteiger charge is 2.52. The molecule has 1 heterocycles. The minimum atomic E-state index is -0.308. The van der Waals surface area contributed by atoms with Gasteiger partial charge >= 0.3 is 7.12 Å². The molecule has 114 valence electrons. The van der Waals surface area contributed by atoms with Gasteiger partial charge in [-0.3, -0.25) is 0 Å². The monoisotopic (exact) mass is 287 g/mol. The molecule has 0 amide bonds. The van der Waals surface area contributed by atoms with Crippen molar-refractivity contribution in [2.75, 3.05) is 13.6 Å². The smallest absolute Gasteiger partial charge is 0.400 e. The molecule has 0 aliphatic carbocycles. The van der Waals surface area contributed by atoms with Crippen LogP contribution in [0.1, 0.15) is 38.8 Å². The molecule has 0 saturated carbocycles. The third-order valence-corrected chi connectivity index (χ3v) is 4.33. The molecule has 1 aliphatic rings. The zero-order valence-electron chi connectivity index (χ0n) is 14.0. The molecule has 1 aliphatic heterocycles. The van der Waals surface area contributed by atoms with E-state index >= 15 is 0 Å². The maximum absolute atomic E-state index is 6.15. The van der Waals surface area contributed by atoms with Crippen LogP contribution in [0.5, 0.6) is 0 Å². The molecule has 1 saturated heterocycles. The fourth-order valence-corrected chi connectivity index (χ4v) is 2.37. The van der Waals surface area contributed by atoms with Gasteiger partial charge in [0, 0.05) is 6.54 Å². The van der Waals surface area contributed by atoms with Crippen molar-refractivity contribution in [1.29, 1.82) is 0 Å². The Hall–Kier alpha value is -1.10. The molecule has 0 bridgehead atoms. The minimum Gasteiger partial charge on any atom is -0.400 e. The molecule has 2 rings (SSSR count). The van der Waals surface area contributed by atoms with Crippen LogP contribution in [0.3, 0.4) is 0 Å². The first-order chi connectivity index (χ1) is 9.75. The zero-order valence-corrected chi connectivity index (χ0v) is 14.0. The number of rotatable bonds is 4. The summed E-state index contributed by atoms with van der Waals surface area (Å²) >= 11 is 0. The molecule has 4 heteroatoms. The van der Waals surface area contributed by atoms with Gasteiger partial charge in [-0.2, -0.15) is 0 Å². The summed E-state index contributed by atoms with van der Waals surface area (Å²) in [7, 11) is 1.64. The van der Waals surface area contributed by atoms with Crippen molar-refractivity contribution >= 4 is 13.2 Å². The number of hydrogen-bond donors (Lipinski definition) is 1. The Morgan fingerprint density at radius 3 is 2.33 bits per heavy atom. The van der Waals surface area contributed by atoms with Crippen LogP contribution in [-0.4, -0.2) is 31.9 Å². The molecule has 0 spiro atoms. The molecule has 1 aromatic rings. The SMILES string of the molecule is CNCC(=Cc1cccc(C)c1)B1OC(C)(C)C(C)(C)O1. The summed E-state index contributed by atoms with van der Waals surface area (Å²) in [4.78, 5) is 0. The van der Waals surface area contributed by atoms with Crippen molar-refractivity contribution in [3.05, 3.63) is 40.9 Å². The first-order valence-corrected chi connectivity index (χ1v) is 7.52. The summed E-state index contributed by atoms with van der Waals surface area (Å²) in [6.45, 7) is 11.2. The van der Waals surface area contributed by atoms with Crippen LogP contribution in [0, 0.1) is 6.92 Å². The van der Waals surface area contributed by atoms with Crippen molar-refractivity contribution in [3.63, 3.8) is 0 Å². The first-order valence-electron chi connectivity index (χ1n) is 7.52. The molecule has 0 radical (unpaired) electrons. The fraction of sp³-hybridized carbons (Fsp3) is 0.529. The van der Waals surface area contributed by atoms with Crippen molar-refractivity contribution in [1.82, 2.24) is 5.32 Å². The zero-order chi connectivity index (χ0) is 15.7. The van der Waals surface area contributed by atoms with E-state index in [9.17, 15) is 0 Å². The summed E-state index contributed by atoms with van der Waals surface area (Å²) < 4.78 is 12.3. The lowest BCUT2D eigenvalue weighted by Gasteiger charge is -2.32. The van der Waals surface area contributed by atoms with Crippen molar-refractivity contribution < 1.29 is 9.31 Å². The molecule has 0 aromatic heterocycles. The van der Waals surface area contributed by atoms with E-state index in [2.05, 4.69) is 70.3 Å². The first kappa shape index (κ1) is 16.3. The highest BCUT2D eigenvalue weighted by Crippen LogP contribution is 2.38. The Morgan fingerprint density at radius 2 is 1.81 bits per heavy atom. The maximum Gasteiger partial charge on any atom is 0.491 e. The molecule has 0 unspecified atom stereocenters. The largest absolute Gasteiger partial charge is 0.491 e. The topological polar surface area (TPSA) is 30.5 Å². The van der Waals surface area contributed by atoms with Gasteiger partial charge in [-0.05, 0) is 52.7 Å². The van der Waals surface area contributed by atoms with E-state index in [1.54, 1.807) is 0 Å². The van der Waals surface area contributed by atoms with Gasteiger partial charge < -0.3 is 14.6 Å². The molecular formula is C17H26BNO2. The van der Waals surface area contributed by atoms with Crippen LogP contribution in [0.25, 0.3) is 6.08 Å².